The zero-order valence-corrected chi connectivity index (χ0v) is 34.3. The van der Waals surface area contributed by atoms with E-state index in [1.807, 2.05) is 26.0 Å². The lowest BCUT2D eigenvalue weighted by Crippen LogP contribution is -2.64. The molecule has 2 saturated heterocycles. The standard InChI is InChI=1S/C43H65NO12/c1-9-12-30-18-24(2)17-25(3)19-36(53-7)39-37(54-8)21-27(5)43(52,56-39)40(49)41(50)44-16-11-10-13-31(44)42(51)55-38(28(6)33(46)23-34(30)47)26(4)20-29-14-15-32(45)35(48)22-29/h9,18,20,25,27,29-33,35-37,39,45-46,48,52H,1,10-17,19,21-23H2,2-8H3/b24-18+,26-20+,38-28-/t25-,27+,29-,30?,31?,32+,33-,35+,36-,37-,39+,43+/m0/s1. The molecule has 13 nitrogen and oxygen atoms in total. The minimum atomic E-state index is -2.53. The normalized spacial score (nSPS) is 40.2. The number of aliphatic hydroxyl groups excluding tert-OH is 3. The number of rotatable bonds is 6. The van der Waals surface area contributed by atoms with Gasteiger partial charge < -0.3 is 44.3 Å². The number of amides is 1. The van der Waals surface area contributed by atoms with Crippen molar-refractivity contribution in [3.63, 3.8) is 0 Å². The summed E-state index contributed by atoms with van der Waals surface area (Å²) in [6.45, 7) is 12.8. The summed E-state index contributed by atoms with van der Waals surface area (Å²) >= 11 is 0. The molecule has 2 bridgehead atoms. The Morgan fingerprint density at radius 3 is 2.29 bits per heavy atom. The number of esters is 1. The fraction of sp³-hybridized carbons (Fsp3) is 0.721. The largest absolute Gasteiger partial charge is 0.425 e. The van der Waals surface area contributed by atoms with E-state index in [2.05, 4.69) is 6.58 Å². The van der Waals surface area contributed by atoms with Crippen molar-refractivity contribution >= 4 is 23.4 Å². The maximum atomic E-state index is 14.2. The number of cyclic esters (lactones) is 1. The van der Waals surface area contributed by atoms with Crippen LogP contribution in [0.15, 0.2) is 47.3 Å². The van der Waals surface area contributed by atoms with Gasteiger partial charge in [-0.3, -0.25) is 14.4 Å². The number of hydrogen-bond acceptors (Lipinski definition) is 12. The van der Waals surface area contributed by atoms with Crippen molar-refractivity contribution < 1.29 is 58.6 Å². The first-order valence-electron chi connectivity index (χ1n) is 20.2. The molecule has 12 atom stereocenters. The Kier molecular flexibility index (Phi) is 16.4. The van der Waals surface area contributed by atoms with Gasteiger partial charge in [0, 0.05) is 39.0 Å². The molecular formula is C43H65NO12. The molecule has 0 spiro atoms. The van der Waals surface area contributed by atoms with Gasteiger partial charge in [-0.15, -0.1) is 6.58 Å². The molecule has 3 aliphatic heterocycles. The Morgan fingerprint density at radius 1 is 0.964 bits per heavy atom. The molecule has 0 aromatic carbocycles. The van der Waals surface area contributed by atoms with Crippen LogP contribution in [0.1, 0.15) is 105 Å². The second-order valence-electron chi connectivity index (χ2n) is 16.7. The fourth-order valence-corrected chi connectivity index (χ4v) is 8.88. The highest BCUT2D eigenvalue weighted by atomic mass is 16.7. The van der Waals surface area contributed by atoms with Crippen LogP contribution in [-0.4, -0.2) is 118 Å². The average molecular weight is 788 g/mol. The molecule has 314 valence electrons. The van der Waals surface area contributed by atoms with Crippen LogP contribution < -0.4 is 0 Å². The summed E-state index contributed by atoms with van der Waals surface area (Å²) in [7, 11) is 3.03. The van der Waals surface area contributed by atoms with Crippen molar-refractivity contribution in [2.75, 3.05) is 20.8 Å². The van der Waals surface area contributed by atoms with E-state index in [4.69, 9.17) is 18.9 Å². The lowest BCUT2D eigenvalue weighted by molar-refractivity contribution is -0.302. The van der Waals surface area contributed by atoms with Crippen molar-refractivity contribution in [2.45, 2.75) is 154 Å². The van der Waals surface area contributed by atoms with Gasteiger partial charge in [0.05, 0.1) is 30.5 Å². The SMILES string of the molecule is C=CCC1/C=C(\C)C[C@H](C)C[C@H](OC)[C@H]2O[C@@](O)(C(=O)C(=O)N3CCCCC3C(=O)OC(/C(C)=C/[C@@H]3CC[C@@H](O)[C@H](O)C3)=C(/C)[C@@H](O)CC1=O)[C@H](C)C[C@@H]2OC. The third kappa shape index (κ3) is 10.7. The summed E-state index contributed by atoms with van der Waals surface area (Å²) in [5.74, 6) is -7.44. The number of ketones is 2. The number of piperidine rings is 1. The molecule has 1 aliphatic carbocycles. The first-order chi connectivity index (χ1) is 26.4. The Hall–Kier alpha value is -3.04. The number of Topliss-reactive ketones (excluding diaryl/α,β-unsaturated/α-hetero) is 2. The highest BCUT2D eigenvalue weighted by Crippen LogP contribution is 2.39. The number of fused-ring (bicyclic) bond motifs is 3. The van der Waals surface area contributed by atoms with Gasteiger partial charge in [-0.2, -0.15) is 0 Å². The smallest absolute Gasteiger partial charge is 0.334 e. The number of hydrogen-bond donors (Lipinski definition) is 4. The van der Waals surface area contributed by atoms with E-state index in [1.165, 1.54) is 14.2 Å². The zero-order chi connectivity index (χ0) is 41.5. The molecular weight excluding hydrogens is 722 g/mol. The summed E-state index contributed by atoms with van der Waals surface area (Å²) in [6.07, 6.45) is 3.93. The summed E-state index contributed by atoms with van der Waals surface area (Å²) < 4.78 is 24.0. The Balaban J connectivity index is 1.81. The van der Waals surface area contributed by atoms with Crippen molar-refractivity contribution in [2.24, 2.45) is 23.7 Å². The van der Waals surface area contributed by atoms with Gasteiger partial charge in [0.2, 0.25) is 5.79 Å². The van der Waals surface area contributed by atoms with Crippen LogP contribution >= 0.6 is 0 Å². The van der Waals surface area contributed by atoms with Crippen LogP contribution in [-0.2, 0) is 38.1 Å². The van der Waals surface area contributed by atoms with E-state index in [9.17, 15) is 39.6 Å². The number of methoxy groups -OCH3 is 2. The van der Waals surface area contributed by atoms with E-state index in [0.29, 0.717) is 50.5 Å². The van der Waals surface area contributed by atoms with Crippen LogP contribution in [0, 0.1) is 23.7 Å². The molecule has 3 heterocycles. The first kappa shape index (κ1) is 45.7. The molecule has 3 fully saturated rings. The predicted molar refractivity (Wildman–Crippen MR) is 208 cm³/mol. The van der Waals surface area contributed by atoms with Crippen LogP contribution in [0.2, 0.25) is 0 Å². The molecule has 4 aliphatic rings. The summed E-state index contributed by atoms with van der Waals surface area (Å²) in [5, 5.41) is 44.0. The van der Waals surface area contributed by atoms with Crippen LogP contribution in [0.5, 0.6) is 0 Å². The molecule has 1 amide bonds. The van der Waals surface area contributed by atoms with Crippen molar-refractivity contribution in [1.82, 2.24) is 4.90 Å². The van der Waals surface area contributed by atoms with E-state index in [-0.39, 0.29) is 61.2 Å². The number of nitrogens with zero attached hydrogens (tertiary/aromatic N) is 1. The van der Waals surface area contributed by atoms with Gasteiger partial charge in [-0.25, -0.2) is 4.79 Å². The minimum absolute atomic E-state index is 0.00503. The van der Waals surface area contributed by atoms with Gasteiger partial charge in [0.25, 0.3) is 11.7 Å². The quantitative estimate of drug-likeness (QED) is 0.171. The summed E-state index contributed by atoms with van der Waals surface area (Å²) in [5.41, 5.74) is 1.63. The molecule has 0 radical (unpaired) electrons. The van der Waals surface area contributed by atoms with Crippen LogP contribution in [0.25, 0.3) is 0 Å². The molecule has 0 aromatic heterocycles. The maximum absolute atomic E-state index is 14.2. The van der Waals surface area contributed by atoms with Gasteiger partial charge in [0.1, 0.15) is 23.7 Å². The molecule has 4 rings (SSSR count). The molecule has 1 saturated carbocycles. The summed E-state index contributed by atoms with van der Waals surface area (Å²) in [4.78, 5) is 57.5. The molecule has 2 unspecified atom stereocenters. The van der Waals surface area contributed by atoms with Crippen LogP contribution in [0.3, 0.4) is 0 Å². The Morgan fingerprint density at radius 2 is 1.64 bits per heavy atom. The monoisotopic (exact) mass is 787 g/mol. The lowest BCUT2D eigenvalue weighted by Gasteiger charge is -2.47. The molecule has 0 aromatic rings. The number of aliphatic hydroxyl groups is 4. The van der Waals surface area contributed by atoms with Gasteiger partial charge in [-0.1, -0.05) is 37.6 Å². The van der Waals surface area contributed by atoms with Gasteiger partial charge >= 0.3 is 5.97 Å². The highest BCUT2D eigenvalue weighted by molar-refractivity contribution is 6.39. The number of allylic oxidation sites excluding steroid dienone is 5. The average Bonchev–Trinajstić information content (AvgIpc) is 3.16. The van der Waals surface area contributed by atoms with E-state index in [0.717, 1.165) is 10.5 Å². The summed E-state index contributed by atoms with van der Waals surface area (Å²) in [6, 6.07) is -1.20. The zero-order valence-electron chi connectivity index (χ0n) is 34.3. The lowest BCUT2D eigenvalue weighted by atomic mass is 9.82. The van der Waals surface area contributed by atoms with Gasteiger partial charge in [0.15, 0.2) is 0 Å². The Bertz CT molecular complexity index is 1540. The third-order valence-electron chi connectivity index (χ3n) is 12.2. The maximum Gasteiger partial charge on any atom is 0.334 e. The number of carbonyl (C=O) groups is 4. The van der Waals surface area contributed by atoms with Gasteiger partial charge in [-0.05, 0) is 108 Å². The third-order valence-corrected chi connectivity index (χ3v) is 12.2. The Labute approximate surface area is 331 Å². The van der Waals surface area contributed by atoms with Crippen molar-refractivity contribution in [1.29, 1.82) is 0 Å². The van der Waals surface area contributed by atoms with E-state index in [1.54, 1.807) is 26.8 Å². The molecule has 13 heteroatoms. The highest BCUT2D eigenvalue weighted by Gasteiger charge is 2.56. The number of carbonyl (C=O) groups excluding carboxylic acids is 4. The van der Waals surface area contributed by atoms with E-state index >= 15 is 0 Å². The van der Waals surface area contributed by atoms with Crippen molar-refractivity contribution in [3.05, 3.63) is 47.3 Å². The first-order valence-corrected chi connectivity index (χ1v) is 20.2. The predicted octanol–water partition coefficient (Wildman–Crippen LogP) is 4.25. The minimum Gasteiger partial charge on any atom is -0.425 e. The molecule has 4 N–H and O–H groups in total. The molecule has 56 heavy (non-hydrogen) atoms. The second-order valence-corrected chi connectivity index (χ2v) is 16.7. The van der Waals surface area contributed by atoms with Crippen LogP contribution in [0.4, 0.5) is 0 Å². The second kappa shape index (κ2) is 20.1. The fourth-order valence-electron chi connectivity index (χ4n) is 8.88. The topological polar surface area (TPSA) is 189 Å². The van der Waals surface area contributed by atoms with Crippen molar-refractivity contribution in [3.8, 4) is 0 Å². The van der Waals surface area contributed by atoms with E-state index < -0.39 is 77.9 Å². The number of ether oxygens (including phenoxy) is 4.